The maximum absolute atomic E-state index is 14.2. The molecule has 0 saturated heterocycles. The van der Waals surface area contributed by atoms with E-state index in [1.54, 1.807) is 47.6 Å². The van der Waals surface area contributed by atoms with Crippen molar-refractivity contribution in [3.05, 3.63) is 89.4 Å². The molecule has 0 atom stereocenters. The van der Waals surface area contributed by atoms with Crippen LogP contribution in [-0.2, 0) is 26.2 Å². The first-order chi connectivity index (χ1) is 20.0. The number of aromatic nitrogens is 5. The van der Waals surface area contributed by atoms with Crippen molar-refractivity contribution < 1.29 is 32.6 Å². The Kier molecular flexibility index (Phi) is 6.44. The number of hydrogen-bond acceptors (Lipinski definition) is 6. The largest absolute Gasteiger partial charge is 0.497 e. The quantitative estimate of drug-likeness (QED) is 0.309. The second-order valence-electron chi connectivity index (χ2n) is 9.88. The third-order valence-electron chi connectivity index (χ3n) is 7.23. The minimum Gasteiger partial charge on any atom is -0.497 e. The molecule has 0 fully saturated rings. The third kappa shape index (κ3) is 4.62. The first kappa shape index (κ1) is 27.0. The Balaban J connectivity index is 1.53. The standard InChI is InChI=1S/C29H23F3N6O4/c1-36-14-23(26(35-36)29(30,31)32)19-9-16(13-37-8-6-33-15-37)10-20-18(19)4-7-38(27(20)39)24-3-5-34-25-21(24)11-17(42-2)12-22(25)28(40)41/h3,5-6,8-12,14-15H,4,7,13H2,1-2H3,(H,40,41). The van der Waals surface area contributed by atoms with E-state index >= 15 is 0 Å². The molecule has 1 N–H and O–H groups in total. The highest BCUT2D eigenvalue weighted by molar-refractivity contribution is 6.15. The van der Waals surface area contributed by atoms with Crippen LogP contribution in [0, 0.1) is 0 Å². The fraction of sp³-hybridized carbons (Fsp3) is 0.207. The van der Waals surface area contributed by atoms with Crippen molar-refractivity contribution in [2.75, 3.05) is 18.6 Å². The summed E-state index contributed by atoms with van der Waals surface area (Å²) < 4.78 is 50.2. The number of carboxylic acid groups (broad SMARTS) is 1. The molecule has 0 unspecified atom stereocenters. The normalized spacial score (nSPS) is 13.5. The minimum atomic E-state index is -4.70. The number of rotatable bonds is 6. The van der Waals surface area contributed by atoms with Gasteiger partial charge in [-0.2, -0.15) is 18.3 Å². The van der Waals surface area contributed by atoms with E-state index in [2.05, 4.69) is 15.1 Å². The van der Waals surface area contributed by atoms with E-state index in [0.717, 1.165) is 4.68 Å². The molecule has 5 aromatic rings. The number of nitrogens with zero attached hydrogens (tertiary/aromatic N) is 6. The summed E-state index contributed by atoms with van der Waals surface area (Å²) in [6.07, 6.45) is 3.16. The van der Waals surface area contributed by atoms with Gasteiger partial charge in [0, 0.05) is 61.4 Å². The number of fused-ring (bicyclic) bond motifs is 2. The number of carbonyl (C=O) groups excluding carboxylic acids is 1. The van der Waals surface area contributed by atoms with E-state index in [9.17, 15) is 27.9 Å². The number of aryl methyl sites for hydroxylation is 1. The van der Waals surface area contributed by atoms with Crippen LogP contribution in [0.25, 0.3) is 22.0 Å². The number of benzene rings is 2. The molecule has 1 amide bonds. The van der Waals surface area contributed by atoms with Crippen LogP contribution in [0.3, 0.4) is 0 Å². The maximum Gasteiger partial charge on any atom is 0.435 e. The van der Waals surface area contributed by atoms with Crippen LogP contribution in [0.4, 0.5) is 18.9 Å². The van der Waals surface area contributed by atoms with Crippen LogP contribution in [0.5, 0.6) is 5.75 Å². The van der Waals surface area contributed by atoms with Crippen molar-refractivity contribution in [1.82, 2.24) is 24.3 Å². The van der Waals surface area contributed by atoms with Crippen LogP contribution < -0.4 is 9.64 Å². The number of aromatic carboxylic acids is 1. The topological polar surface area (TPSA) is 115 Å². The number of alkyl halides is 3. The highest BCUT2D eigenvalue weighted by atomic mass is 19.4. The van der Waals surface area contributed by atoms with Gasteiger partial charge in [-0.1, -0.05) is 0 Å². The molecule has 0 aliphatic carbocycles. The average molecular weight is 577 g/mol. The van der Waals surface area contributed by atoms with Gasteiger partial charge in [0.05, 0.1) is 30.2 Å². The molecule has 0 spiro atoms. The van der Waals surface area contributed by atoms with E-state index in [1.165, 1.54) is 37.5 Å². The Morgan fingerprint density at radius 2 is 1.90 bits per heavy atom. The molecule has 13 heteroatoms. The van der Waals surface area contributed by atoms with Gasteiger partial charge in [0.1, 0.15) is 5.75 Å². The van der Waals surface area contributed by atoms with Gasteiger partial charge >= 0.3 is 12.1 Å². The predicted octanol–water partition coefficient (Wildman–Crippen LogP) is 4.81. The number of carboxylic acids is 1. The number of methoxy groups -OCH3 is 1. The van der Waals surface area contributed by atoms with E-state index in [4.69, 9.17) is 4.74 Å². The summed E-state index contributed by atoms with van der Waals surface area (Å²) in [7, 11) is 2.82. The van der Waals surface area contributed by atoms with Crippen molar-refractivity contribution in [2.45, 2.75) is 19.1 Å². The summed E-state index contributed by atoms with van der Waals surface area (Å²) in [5, 5.41) is 13.9. The summed E-state index contributed by atoms with van der Waals surface area (Å²) in [6, 6.07) is 7.92. The van der Waals surface area contributed by atoms with Crippen molar-refractivity contribution in [2.24, 2.45) is 7.05 Å². The molecule has 42 heavy (non-hydrogen) atoms. The molecule has 10 nitrogen and oxygen atoms in total. The smallest absolute Gasteiger partial charge is 0.435 e. The van der Waals surface area contributed by atoms with E-state index in [-0.39, 0.29) is 53.0 Å². The molecule has 3 aromatic heterocycles. The lowest BCUT2D eigenvalue weighted by molar-refractivity contribution is -0.141. The van der Waals surface area contributed by atoms with Gasteiger partial charge in [0.25, 0.3) is 5.91 Å². The molecule has 1 aliphatic heterocycles. The second kappa shape index (κ2) is 10.0. The Hall–Kier alpha value is -5.20. The van der Waals surface area contributed by atoms with Gasteiger partial charge in [-0.15, -0.1) is 0 Å². The Labute approximate surface area is 236 Å². The zero-order chi connectivity index (χ0) is 29.8. The van der Waals surface area contributed by atoms with Crippen LogP contribution in [0.2, 0.25) is 0 Å². The molecule has 4 heterocycles. The fourth-order valence-electron chi connectivity index (χ4n) is 5.44. The van der Waals surface area contributed by atoms with Crippen LogP contribution in [-0.4, -0.2) is 55.0 Å². The number of imidazole rings is 1. The molecule has 0 bridgehead atoms. The lowest BCUT2D eigenvalue weighted by Crippen LogP contribution is -2.38. The Bertz CT molecular complexity index is 1860. The summed E-state index contributed by atoms with van der Waals surface area (Å²) in [5.74, 6) is -1.36. The highest BCUT2D eigenvalue weighted by Gasteiger charge is 2.39. The van der Waals surface area contributed by atoms with Crippen molar-refractivity contribution in [3.8, 4) is 16.9 Å². The summed E-state index contributed by atoms with van der Waals surface area (Å²) in [5.41, 5.74) is 0.972. The highest BCUT2D eigenvalue weighted by Crippen LogP contribution is 2.41. The molecule has 2 aromatic carbocycles. The van der Waals surface area contributed by atoms with Crippen LogP contribution >= 0.6 is 0 Å². The number of amides is 1. The van der Waals surface area contributed by atoms with E-state index in [0.29, 0.717) is 22.2 Å². The van der Waals surface area contributed by atoms with Gasteiger partial charge in [0.2, 0.25) is 0 Å². The number of hydrogen-bond donors (Lipinski definition) is 1. The number of pyridine rings is 1. The lowest BCUT2D eigenvalue weighted by atomic mass is 9.87. The van der Waals surface area contributed by atoms with Gasteiger partial charge in [0.15, 0.2) is 5.69 Å². The van der Waals surface area contributed by atoms with Gasteiger partial charge in [-0.05, 0) is 53.4 Å². The summed E-state index contributed by atoms with van der Waals surface area (Å²) in [6.45, 7) is 0.409. The molecular formula is C29H23F3N6O4. The molecule has 6 rings (SSSR count). The second-order valence-corrected chi connectivity index (χ2v) is 9.88. The van der Waals surface area contributed by atoms with Gasteiger partial charge in [-0.25, -0.2) is 9.78 Å². The monoisotopic (exact) mass is 576 g/mol. The Morgan fingerprint density at radius 3 is 2.60 bits per heavy atom. The first-order valence-electron chi connectivity index (χ1n) is 12.8. The number of ether oxygens (including phenoxy) is 1. The summed E-state index contributed by atoms with van der Waals surface area (Å²) >= 11 is 0. The van der Waals surface area contributed by atoms with E-state index < -0.39 is 23.7 Å². The SMILES string of the molecule is COc1cc(C(=O)O)c2nccc(N3CCc4c(cc(Cn5ccnc5)cc4-c4cn(C)nc4C(F)(F)F)C3=O)c2c1. The van der Waals surface area contributed by atoms with Crippen LogP contribution in [0.1, 0.15) is 37.5 Å². The first-order valence-corrected chi connectivity index (χ1v) is 12.8. The third-order valence-corrected chi connectivity index (χ3v) is 7.23. The number of carbonyl (C=O) groups is 2. The Morgan fingerprint density at radius 1 is 1.12 bits per heavy atom. The lowest BCUT2D eigenvalue weighted by Gasteiger charge is -2.31. The van der Waals surface area contributed by atoms with Crippen molar-refractivity contribution in [3.63, 3.8) is 0 Å². The molecule has 0 radical (unpaired) electrons. The van der Waals surface area contributed by atoms with Gasteiger partial charge < -0.3 is 19.3 Å². The molecular weight excluding hydrogens is 553 g/mol. The zero-order valence-electron chi connectivity index (χ0n) is 22.4. The minimum absolute atomic E-state index is 0.0859. The summed E-state index contributed by atoms with van der Waals surface area (Å²) in [4.78, 5) is 35.9. The predicted molar refractivity (Wildman–Crippen MR) is 146 cm³/mol. The zero-order valence-corrected chi connectivity index (χ0v) is 22.4. The maximum atomic E-state index is 14.2. The molecule has 1 aliphatic rings. The van der Waals surface area contributed by atoms with Crippen molar-refractivity contribution >= 4 is 28.5 Å². The number of halogens is 3. The van der Waals surface area contributed by atoms with Crippen LogP contribution in [0.15, 0.2) is 61.4 Å². The number of anilines is 1. The molecule has 0 saturated carbocycles. The van der Waals surface area contributed by atoms with E-state index in [1.807, 2.05) is 0 Å². The molecule has 214 valence electrons. The van der Waals surface area contributed by atoms with Crippen molar-refractivity contribution in [1.29, 1.82) is 0 Å². The average Bonchev–Trinajstić information content (AvgIpc) is 3.61. The van der Waals surface area contributed by atoms with Gasteiger partial charge in [-0.3, -0.25) is 14.5 Å². The fourth-order valence-corrected chi connectivity index (χ4v) is 5.44.